The number of benzene rings is 1. The molecule has 2 N–H and O–H groups in total. The maximum Gasteiger partial charge on any atom is 0.401 e. The van der Waals surface area contributed by atoms with Crippen LogP contribution in [0.2, 0.25) is 5.02 Å². The first-order valence-corrected chi connectivity index (χ1v) is 8.31. The van der Waals surface area contributed by atoms with Crippen molar-refractivity contribution in [1.29, 1.82) is 0 Å². The number of hydrogen-bond acceptors (Lipinski definition) is 3. The zero-order chi connectivity index (χ0) is 18.9. The van der Waals surface area contributed by atoms with E-state index in [2.05, 4.69) is 10.6 Å². The van der Waals surface area contributed by atoms with Gasteiger partial charge in [0, 0.05) is 11.6 Å². The van der Waals surface area contributed by atoms with Crippen LogP contribution in [0.15, 0.2) is 18.2 Å². The van der Waals surface area contributed by atoms with Gasteiger partial charge in [0.15, 0.2) is 0 Å². The minimum Gasteiger partial charge on any atom is -0.491 e. The standard InChI is InChI=1S/C16H23ClF3N3O2/c1-3-9-25-14-6-5-12(17)10-13(14)22-15(24)21-7-4-8-23(2)11-16(18,19)20/h5-6,10H,3-4,7-9,11H2,1-2H3,(H2,21,22,24). The summed E-state index contributed by atoms with van der Waals surface area (Å²) in [5.74, 6) is 0.506. The average molecular weight is 382 g/mol. The number of hydrogen-bond donors (Lipinski definition) is 2. The number of nitrogens with zero attached hydrogens (tertiary/aromatic N) is 1. The lowest BCUT2D eigenvalue weighted by molar-refractivity contribution is -0.143. The molecule has 0 saturated heterocycles. The molecule has 2 amide bonds. The molecule has 0 bridgehead atoms. The van der Waals surface area contributed by atoms with Crippen molar-refractivity contribution in [3.8, 4) is 5.75 Å². The second kappa shape index (κ2) is 10.4. The Balaban J connectivity index is 2.40. The predicted octanol–water partition coefficient (Wildman–Crippen LogP) is 4.13. The van der Waals surface area contributed by atoms with Gasteiger partial charge in [-0.15, -0.1) is 0 Å². The highest BCUT2D eigenvalue weighted by Gasteiger charge is 2.28. The summed E-state index contributed by atoms with van der Waals surface area (Å²) in [6, 6.07) is 4.43. The maximum atomic E-state index is 12.2. The van der Waals surface area contributed by atoms with E-state index in [9.17, 15) is 18.0 Å². The number of alkyl halides is 3. The van der Waals surface area contributed by atoms with E-state index in [4.69, 9.17) is 16.3 Å². The van der Waals surface area contributed by atoms with E-state index >= 15 is 0 Å². The molecule has 0 fully saturated rings. The number of amides is 2. The van der Waals surface area contributed by atoms with Crippen LogP contribution in [-0.2, 0) is 0 Å². The summed E-state index contributed by atoms with van der Waals surface area (Å²) in [7, 11) is 1.39. The van der Waals surface area contributed by atoms with Crippen LogP contribution in [0.25, 0.3) is 0 Å². The predicted molar refractivity (Wildman–Crippen MR) is 92.4 cm³/mol. The Labute approximate surface area is 150 Å². The molecule has 0 aromatic heterocycles. The van der Waals surface area contributed by atoms with E-state index < -0.39 is 18.8 Å². The first-order chi connectivity index (χ1) is 11.7. The molecule has 0 spiro atoms. The monoisotopic (exact) mass is 381 g/mol. The topological polar surface area (TPSA) is 53.6 Å². The molecule has 25 heavy (non-hydrogen) atoms. The van der Waals surface area contributed by atoms with Crippen LogP contribution in [0, 0.1) is 0 Å². The Morgan fingerprint density at radius 2 is 2.08 bits per heavy atom. The van der Waals surface area contributed by atoms with Gasteiger partial charge in [-0.25, -0.2) is 4.79 Å². The summed E-state index contributed by atoms with van der Waals surface area (Å²) in [6.07, 6.45) is -3.00. The quantitative estimate of drug-likeness (QED) is 0.632. The summed E-state index contributed by atoms with van der Waals surface area (Å²) in [6.45, 7) is 1.97. The molecule has 0 heterocycles. The molecule has 1 aromatic rings. The summed E-state index contributed by atoms with van der Waals surface area (Å²) >= 11 is 5.92. The molecular weight excluding hydrogens is 359 g/mol. The average Bonchev–Trinajstić information content (AvgIpc) is 2.49. The molecule has 1 aromatic carbocycles. The lowest BCUT2D eigenvalue weighted by Gasteiger charge is -2.18. The molecule has 0 aliphatic rings. The zero-order valence-electron chi connectivity index (χ0n) is 14.3. The third-order valence-electron chi connectivity index (χ3n) is 3.10. The van der Waals surface area contributed by atoms with E-state index in [1.807, 2.05) is 6.92 Å². The van der Waals surface area contributed by atoms with Gasteiger partial charge in [0.1, 0.15) is 5.75 Å². The van der Waals surface area contributed by atoms with E-state index in [0.717, 1.165) is 11.3 Å². The highest BCUT2D eigenvalue weighted by molar-refractivity contribution is 6.31. The minimum atomic E-state index is -4.22. The van der Waals surface area contributed by atoms with Gasteiger partial charge in [-0.1, -0.05) is 18.5 Å². The second-order valence-electron chi connectivity index (χ2n) is 5.58. The summed E-state index contributed by atoms with van der Waals surface area (Å²) in [4.78, 5) is 13.1. The molecule has 5 nitrogen and oxygen atoms in total. The molecule has 9 heteroatoms. The van der Waals surface area contributed by atoms with Gasteiger partial charge in [-0.05, 0) is 44.6 Å². The third kappa shape index (κ3) is 9.40. The van der Waals surface area contributed by atoms with Crippen molar-refractivity contribution in [2.24, 2.45) is 0 Å². The zero-order valence-corrected chi connectivity index (χ0v) is 15.0. The second-order valence-corrected chi connectivity index (χ2v) is 6.01. The van der Waals surface area contributed by atoms with E-state index in [1.165, 1.54) is 7.05 Å². The number of carbonyl (C=O) groups is 1. The van der Waals surface area contributed by atoms with E-state index in [-0.39, 0.29) is 13.1 Å². The van der Waals surface area contributed by atoms with Gasteiger partial charge in [-0.3, -0.25) is 4.90 Å². The normalized spacial score (nSPS) is 11.5. The summed E-state index contributed by atoms with van der Waals surface area (Å²) in [5, 5.41) is 5.68. The molecule has 1 rings (SSSR count). The van der Waals surface area contributed by atoms with Gasteiger partial charge in [0.2, 0.25) is 0 Å². The maximum absolute atomic E-state index is 12.2. The Hall–Kier alpha value is -1.67. The first kappa shape index (κ1) is 21.4. The summed E-state index contributed by atoms with van der Waals surface area (Å²) in [5.41, 5.74) is 0.438. The van der Waals surface area contributed by atoms with E-state index in [0.29, 0.717) is 29.5 Å². The van der Waals surface area contributed by atoms with Gasteiger partial charge >= 0.3 is 12.2 Å². The van der Waals surface area contributed by atoms with Crippen LogP contribution in [0.5, 0.6) is 5.75 Å². The molecule has 0 radical (unpaired) electrons. The Morgan fingerprint density at radius 3 is 2.72 bits per heavy atom. The van der Waals surface area contributed by atoms with Crippen LogP contribution in [0.1, 0.15) is 19.8 Å². The Bertz CT molecular complexity index is 556. The molecular formula is C16H23ClF3N3O2. The van der Waals surface area contributed by atoms with Crippen molar-refractivity contribution in [2.75, 3.05) is 38.6 Å². The molecule has 0 aliphatic carbocycles. The minimum absolute atomic E-state index is 0.224. The molecule has 142 valence electrons. The lowest BCUT2D eigenvalue weighted by atomic mass is 10.3. The number of carbonyl (C=O) groups excluding carboxylic acids is 1. The number of ether oxygens (including phenoxy) is 1. The number of nitrogens with one attached hydrogen (secondary N) is 2. The fraction of sp³-hybridized carbons (Fsp3) is 0.562. The molecule has 0 atom stereocenters. The third-order valence-corrected chi connectivity index (χ3v) is 3.34. The number of rotatable bonds is 9. The van der Waals surface area contributed by atoms with Crippen LogP contribution in [-0.4, -0.2) is 50.4 Å². The SMILES string of the molecule is CCCOc1ccc(Cl)cc1NC(=O)NCCCN(C)CC(F)(F)F. The lowest BCUT2D eigenvalue weighted by Crippen LogP contribution is -2.35. The fourth-order valence-corrected chi connectivity index (χ4v) is 2.21. The van der Waals surface area contributed by atoms with Crippen molar-refractivity contribution in [3.63, 3.8) is 0 Å². The number of anilines is 1. The van der Waals surface area contributed by atoms with Crippen molar-refractivity contribution in [3.05, 3.63) is 23.2 Å². The van der Waals surface area contributed by atoms with Crippen molar-refractivity contribution in [2.45, 2.75) is 25.9 Å². The van der Waals surface area contributed by atoms with Crippen molar-refractivity contribution in [1.82, 2.24) is 10.2 Å². The Kier molecular flexibility index (Phi) is 8.85. The fourth-order valence-electron chi connectivity index (χ4n) is 2.04. The number of halogens is 4. The number of urea groups is 1. The molecule has 0 saturated carbocycles. The smallest absolute Gasteiger partial charge is 0.401 e. The van der Waals surface area contributed by atoms with Crippen LogP contribution in [0.4, 0.5) is 23.7 Å². The highest BCUT2D eigenvalue weighted by Crippen LogP contribution is 2.28. The van der Waals surface area contributed by atoms with E-state index in [1.54, 1.807) is 18.2 Å². The highest BCUT2D eigenvalue weighted by atomic mass is 35.5. The van der Waals surface area contributed by atoms with Gasteiger partial charge in [0.05, 0.1) is 18.8 Å². The molecule has 0 aliphatic heterocycles. The van der Waals surface area contributed by atoms with Crippen LogP contribution in [0.3, 0.4) is 0 Å². The summed E-state index contributed by atoms with van der Waals surface area (Å²) < 4.78 is 42.1. The van der Waals surface area contributed by atoms with Gasteiger partial charge < -0.3 is 15.4 Å². The first-order valence-electron chi connectivity index (χ1n) is 7.93. The van der Waals surface area contributed by atoms with Crippen LogP contribution < -0.4 is 15.4 Å². The van der Waals surface area contributed by atoms with Gasteiger partial charge in [-0.2, -0.15) is 13.2 Å². The van der Waals surface area contributed by atoms with Crippen molar-refractivity contribution >= 4 is 23.3 Å². The van der Waals surface area contributed by atoms with Crippen LogP contribution >= 0.6 is 11.6 Å². The van der Waals surface area contributed by atoms with Gasteiger partial charge in [0.25, 0.3) is 0 Å². The van der Waals surface area contributed by atoms with Crippen molar-refractivity contribution < 1.29 is 22.7 Å². The molecule has 0 unspecified atom stereocenters. The Morgan fingerprint density at radius 1 is 1.36 bits per heavy atom. The largest absolute Gasteiger partial charge is 0.491 e.